The minimum atomic E-state index is -0.345. The molecule has 1 heterocycles. The highest BCUT2D eigenvalue weighted by Gasteiger charge is 2.31. The first-order valence-electron chi connectivity index (χ1n) is 7.49. The topological polar surface area (TPSA) is 49.4 Å². The van der Waals surface area contributed by atoms with Crippen molar-refractivity contribution in [3.05, 3.63) is 35.6 Å². The van der Waals surface area contributed by atoms with Crippen molar-refractivity contribution >= 4 is 11.8 Å². The summed E-state index contributed by atoms with van der Waals surface area (Å²) in [5.74, 6) is -0.285. The number of amides is 2. The van der Waals surface area contributed by atoms with Crippen LogP contribution in [-0.2, 0) is 4.79 Å². The van der Waals surface area contributed by atoms with Crippen molar-refractivity contribution in [1.82, 2.24) is 10.2 Å². The van der Waals surface area contributed by atoms with E-state index in [9.17, 15) is 14.0 Å². The van der Waals surface area contributed by atoms with E-state index >= 15 is 0 Å². The fraction of sp³-hybridized carbons (Fsp3) is 0.500. The van der Waals surface area contributed by atoms with E-state index in [1.54, 1.807) is 4.90 Å². The van der Waals surface area contributed by atoms with Gasteiger partial charge in [0.25, 0.3) is 5.91 Å². The lowest BCUT2D eigenvalue weighted by molar-refractivity contribution is -0.126. The van der Waals surface area contributed by atoms with Crippen LogP contribution in [0.25, 0.3) is 0 Å². The van der Waals surface area contributed by atoms with Gasteiger partial charge in [-0.25, -0.2) is 4.39 Å². The summed E-state index contributed by atoms with van der Waals surface area (Å²) in [6.07, 6.45) is 3.58. The second kappa shape index (κ2) is 5.84. The van der Waals surface area contributed by atoms with Crippen molar-refractivity contribution in [3.8, 4) is 0 Å². The summed E-state index contributed by atoms with van der Waals surface area (Å²) in [5, 5.41) is 3.02. The molecule has 112 valence electrons. The van der Waals surface area contributed by atoms with Crippen LogP contribution in [-0.4, -0.2) is 35.8 Å². The quantitative estimate of drug-likeness (QED) is 0.925. The van der Waals surface area contributed by atoms with Gasteiger partial charge in [0.2, 0.25) is 5.91 Å². The largest absolute Gasteiger partial charge is 0.353 e. The molecule has 2 amide bonds. The normalized spacial score (nSPS) is 19.4. The van der Waals surface area contributed by atoms with Gasteiger partial charge in [-0.3, -0.25) is 9.59 Å². The molecule has 4 nitrogen and oxygen atoms in total. The van der Waals surface area contributed by atoms with Crippen LogP contribution in [0, 0.1) is 11.7 Å². The third-order valence-corrected chi connectivity index (χ3v) is 4.17. The van der Waals surface area contributed by atoms with Crippen molar-refractivity contribution < 1.29 is 14.0 Å². The van der Waals surface area contributed by atoms with Crippen molar-refractivity contribution in [2.45, 2.75) is 31.7 Å². The van der Waals surface area contributed by atoms with Crippen LogP contribution in [0.1, 0.15) is 36.0 Å². The highest BCUT2D eigenvalue weighted by Crippen LogP contribution is 2.23. The molecule has 0 unspecified atom stereocenters. The van der Waals surface area contributed by atoms with Crippen molar-refractivity contribution in [1.29, 1.82) is 0 Å². The van der Waals surface area contributed by atoms with E-state index in [0.29, 0.717) is 37.5 Å². The van der Waals surface area contributed by atoms with E-state index in [4.69, 9.17) is 0 Å². The van der Waals surface area contributed by atoms with E-state index in [-0.39, 0.29) is 23.5 Å². The molecule has 1 aromatic rings. The van der Waals surface area contributed by atoms with Gasteiger partial charge in [-0.15, -0.1) is 0 Å². The van der Waals surface area contributed by atoms with Gasteiger partial charge < -0.3 is 10.2 Å². The summed E-state index contributed by atoms with van der Waals surface area (Å²) in [4.78, 5) is 26.0. The van der Waals surface area contributed by atoms with E-state index in [2.05, 4.69) is 5.32 Å². The molecule has 0 radical (unpaired) electrons. The zero-order chi connectivity index (χ0) is 14.8. The van der Waals surface area contributed by atoms with Crippen LogP contribution in [0.2, 0.25) is 0 Å². The van der Waals surface area contributed by atoms with E-state index in [1.807, 2.05) is 0 Å². The number of hydrogen-bond acceptors (Lipinski definition) is 2. The average molecular weight is 290 g/mol. The van der Waals surface area contributed by atoms with Crippen molar-refractivity contribution in [2.75, 3.05) is 13.1 Å². The third-order valence-electron chi connectivity index (χ3n) is 4.17. The summed E-state index contributed by atoms with van der Waals surface area (Å²) in [6.45, 7) is 1.16. The Balaban J connectivity index is 1.53. The number of piperidine rings is 1. The number of nitrogens with zero attached hydrogens (tertiary/aromatic N) is 1. The zero-order valence-corrected chi connectivity index (χ0v) is 11.8. The van der Waals surface area contributed by atoms with E-state index in [0.717, 1.165) is 12.8 Å². The first-order chi connectivity index (χ1) is 10.1. The maximum absolute atomic E-state index is 12.9. The molecule has 2 fully saturated rings. The van der Waals surface area contributed by atoms with E-state index < -0.39 is 0 Å². The summed E-state index contributed by atoms with van der Waals surface area (Å²) in [6, 6.07) is 5.98. The second-order valence-electron chi connectivity index (χ2n) is 5.86. The molecule has 0 atom stereocenters. The van der Waals surface area contributed by atoms with Crippen molar-refractivity contribution in [3.63, 3.8) is 0 Å². The Hall–Kier alpha value is -1.91. The summed E-state index contributed by atoms with van der Waals surface area (Å²) in [7, 11) is 0. The maximum atomic E-state index is 12.9. The Morgan fingerprint density at radius 3 is 2.24 bits per heavy atom. The fourth-order valence-electron chi connectivity index (χ4n) is 2.67. The Bertz CT molecular complexity index is 532. The fourth-order valence-corrected chi connectivity index (χ4v) is 2.67. The number of nitrogens with one attached hydrogen (secondary N) is 1. The maximum Gasteiger partial charge on any atom is 0.253 e. The van der Waals surface area contributed by atoms with Crippen molar-refractivity contribution in [2.24, 2.45) is 5.92 Å². The molecular formula is C16H19FN2O2. The monoisotopic (exact) mass is 290 g/mol. The highest BCUT2D eigenvalue weighted by atomic mass is 19.1. The molecule has 21 heavy (non-hydrogen) atoms. The Kier molecular flexibility index (Phi) is 3.90. The molecule has 0 aromatic heterocycles. The molecule has 5 heteroatoms. The van der Waals surface area contributed by atoms with Crippen LogP contribution in [0.15, 0.2) is 24.3 Å². The lowest BCUT2D eigenvalue weighted by Crippen LogP contribution is -2.43. The van der Waals surface area contributed by atoms with Gasteiger partial charge in [-0.2, -0.15) is 0 Å². The Morgan fingerprint density at radius 1 is 1.05 bits per heavy atom. The lowest BCUT2D eigenvalue weighted by atomic mass is 9.95. The van der Waals surface area contributed by atoms with Gasteiger partial charge in [0, 0.05) is 30.6 Å². The number of likely N-dealkylation sites (tertiary alicyclic amines) is 1. The van der Waals surface area contributed by atoms with Crippen LogP contribution < -0.4 is 5.32 Å². The Labute approximate surface area is 123 Å². The van der Waals surface area contributed by atoms with Crippen LogP contribution in [0.3, 0.4) is 0 Å². The number of benzene rings is 1. The van der Waals surface area contributed by atoms with Gasteiger partial charge >= 0.3 is 0 Å². The summed E-state index contributed by atoms with van der Waals surface area (Å²) >= 11 is 0. The van der Waals surface area contributed by atoms with Crippen LogP contribution in [0.4, 0.5) is 4.39 Å². The lowest BCUT2D eigenvalue weighted by Gasteiger charge is -2.31. The molecule has 1 saturated carbocycles. The Morgan fingerprint density at radius 2 is 1.67 bits per heavy atom. The molecule has 1 aromatic carbocycles. The molecule has 0 bridgehead atoms. The first-order valence-corrected chi connectivity index (χ1v) is 7.49. The summed E-state index contributed by atoms with van der Waals surface area (Å²) in [5.41, 5.74) is 0.497. The third kappa shape index (κ3) is 3.40. The minimum Gasteiger partial charge on any atom is -0.353 e. The molecule has 2 aliphatic rings. The zero-order valence-electron chi connectivity index (χ0n) is 11.8. The van der Waals surface area contributed by atoms with E-state index in [1.165, 1.54) is 24.3 Å². The van der Waals surface area contributed by atoms with Gasteiger partial charge in [0.15, 0.2) is 0 Å². The molecule has 1 N–H and O–H groups in total. The minimum absolute atomic E-state index is 0.0165. The molecule has 1 aliphatic carbocycles. The predicted octanol–water partition coefficient (Wildman–Crippen LogP) is 1.96. The van der Waals surface area contributed by atoms with Gasteiger partial charge in [0.1, 0.15) is 5.82 Å². The molecule has 3 rings (SSSR count). The number of halogens is 1. The predicted molar refractivity (Wildman–Crippen MR) is 76.2 cm³/mol. The molecular weight excluding hydrogens is 271 g/mol. The summed E-state index contributed by atoms with van der Waals surface area (Å²) < 4.78 is 12.9. The van der Waals surface area contributed by atoms with Crippen LogP contribution >= 0.6 is 0 Å². The SMILES string of the molecule is O=C(NC1CC1)C1CCN(C(=O)c2ccc(F)cc2)CC1. The second-order valence-corrected chi connectivity index (χ2v) is 5.86. The number of carbonyl (C=O) groups excluding carboxylic acids is 2. The number of carbonyl (C=O) groups is 2. The molecule has 0 spiro atoms. The molecule has 1 saturated heterocycles. The average Bonchev–Trinajstić information content (AvgIpc) is 3.31. The smallest absolute Gasteiger partial charge is 0.253 e. The van der Waals surface area contributed by atoms with Gasteiger partial charge in [-0.1, -0.05) is 0 Å². The van der Waals surface area contributed by atoms with Gasteiger partial charge in [0.05, 0.1) is 0 Å². The molecule has 1 aliphatic heterocycles. The highest BCUT2D eigenvalue weighted by molar-refractivity contribution is 5.94. The number of rotatable bonds is 3. The number of hydrogen-bond donors (Lipinski definition) is 1. The van der Waals surface area contributed by atoms with Gasteiger partial charge in [-0.05, 0) is 49.9 Å². The standard InChI is InChI=1S/C16H19FN2O2/c17-13-3-1-12(2-4-13)16(21)19-9-7-11(8-10-19)15(20)18-14-5-6-14/h1-4,11,14H,5-10H2,(H,18,20). The first kappa shape index (κ1) is 14.0. The van der Waals surface area contributed by atoms with Crippen LogP contribution in [0.5, 0.6) is 0 Å².